The summed E-state index contributed by atoms with van der Waals surface area (Å²) in [6, 6.07) is 27.7. The van der Waals surface area contributed by atoms with Gasteiger partial charge in [0.2, 0.25) is 11.8 Å². The van der Waals surface area contributed by atoms with E-state index in [0.717, 1.165) is 26.6 Å². The lowest BCUT2D eigenvalue weighted by Crippen LogP contribution is -2.53. The van der Waals surface area contributed by atoms with Gasteiger partial charge >= 0.3 is 0 Å². The molecule has 0 saturated carbocycles. The minimum Gasteiger partial charge on any atom is -0.493 e. The number of methoxy groups -OCH3 is 2. The van der Waals surface area contributed by atoms with Crippen LogP contribution in [0.25, 0.3) is 0 Å². The number of hydrogen-bond acceptors (Lipinski definition) is 6. The second-order valence-electron chi connectivity index (χ2n) is 12.2. The number of nitrogens with one attached hydrogen (secondary N) is 1. The summed E-state index contributed by atoms with van der Waals surface area (Å²) in [6.07, 6.45) is 0.245. The number of rotatable bonds is 15. The van der Waals surface area contributed by atoms with Gasteiger partial charge in [-0.15, -0.1) is 0 Å². The molecule has 0 fully saturated rings. The van der Waals surface area contributed by atoms with Crippen LogP contribution in [0.1, 0.15) is 36.1 Å². The standard InChI is InChI=1S/C38H45N3O6S/c1-27(2)24-39-38(43)34(22-30-13-9-7-10-14-30)40(25-31-15-11-8-12-16-31)37(42)26-41(32-20-28(3)19-29(4)21-32)48(44,45)33-17-18-35(46-5)36(23-33)47-6/h7-21,23,27,34H,22,24-26H2,1-6H3,(H,39,43)/t34-/m0/s1. The van der Waals surface area contributed by atoms with Crippen molar-refractivity contribution in [1.82, 2.24) is 10.2 Å². The minimum atomic E-state index is -4.32. The SMILES string of the molecule is COc1ccc(S(=O)(=O)N(CC(=O)N(Cc2ccccc2)[C@@H](Cc2ccccc2)C(=O)NCC(C)C)c2cc(C)cc(C)c2)cc1OC. The lowest BCUT2D eigenvalue weighted by Gasteiger charge is -2.34. The fraction of sp³-hybridized carbons (Fsp3) is 0.316. The Balaban J connectivity index is 1.83. The third-order valence-corrected chi connectivity index (χ3v) is 9.64. The summed E-state index contributed by atoms with van der Waals surface area (Å²) in [7, 11) is -1.43. The van der Waals surface area contributed by atoms with E-state index in [0.29, 0.717) is 18.0 Å². The molecule has 0 aliphatic carbocycles. The highest BCUT2D eigenvalue weighted by Gasteiger charge is 2.35. The van der Waals surface area contributed by atoms with Crippen molar-refractivity contribution in [2.75, 3.05) is 31.6 Å². The molecule has 48 heavy (non-hydrogen) atoms. The van der Waals surface area contributed by atoms with Gasteiger partial charge in [0.15, 0.2) is 11.5 Å². The highest BCUT2D eigenvalue weighted by atomic mass is 32.2. The number of amides is 2. The zero-order chi connectivity index (χ0) is 34.8. The van der Waals surface area contributed by atoms with E-state index in [-0.39, 0.29) is 35.4 Å². The van der Waals surface area contributed by atoms with E-state index in [9.17, 15) is 18.0 Å². The van der Waals surface area contributed by atoms with Crippen molar-refractivity contribution in [3.05, 3.63) is 119 Å². The fourth-order valence-corrected chi connectivity index (χ4v) is 6.90. The van der Waals surface area contributed by atoms with Crippen LogP contribution in [0.4, 0.5) is 5.69 Å². The van der Waals surface area contributed by atoms with Crippen molar-refractivity contribution in [1.29, 1.82) is 0 Å². The Bertz CT molecular complexity index is 1780. The molecule has 0 unspecified atom stereocenters. The first-order chi connectivity index (χ1) is 22.9. The Kier molecular flexibility index (Phi) is 12.2. The number of nitrogens with zero attached hydrogens (tertiary/aromatic N) is 2. The zero-order valence-electron chi connectivity index (χ0n) is 28.5. The average molecular weight is 672 g/mol. The number of benzene rings is 4. The molecule has 10 heteroatoms. The molecule has 0 saturated heterocycles. The number of anilines is 1. The van der Waals surface area contributed by atoms with Crippen molar-refractivity contribution in [2.24, 2.45) is 5.92 Å². The summed E-state index contributed by atoms with van der Waals surface area (Å²) >= 11 is 0. The van der Waals surface area contributed by atoms with Crippen LogP contribution in [0.15, 0.2) is 102 Å². The molecule has 4 rings (SSSR count). The molecule has 4 aromatic carbocycles. The van der Waals surface area contributed by atoms with Gasteiger partial charge in [0.05, 0.1) is 24.8 Å². The Hall–Kier alpha value is -4.83. The molecule has 0 radical (unpaired) electrons. The maximum atomic E-state index is 14.7. The fourth-order valence-electron chi connectivity index (χ4n) is 5.48. The molecule has 2 amide bonds. The van der Waals surface area contributed by atoms with E-state index in [1.54, 1.807) is 12.1 Å². The minimum absolute atomic E-state index is 0.0720. The Labute approximate surface area is 284 Å². The van der Waals surface area contributed by atoms with Crippen LogP contribution < -0.4 is 19.1 Å². The van der Waals surface area contributed by atoms with Crippen LogP contribution in [-0.4, -0.2) is 58.5 Å². The number of carbonyl (C=O) groups is 2. The smallest absolute Gasteiger partial charge is 0.264 e. The van der Waals surface area contributed by atoms with Gasteiger partial charge in [-0.2, -0.15) is 0 Å². The highest BCUT2D eigenvalue weighted by Crippen LogP contribution is 2.33. The summed E-state index contributed by atoms with van der Waals surface area (Å²) in [5.41, 5.74) is 3.68. The molecule has 254 valence electrons. The first-order valence-corrected chi connectivity index (χ1v) is 17.3. The van der Waals surface area contributed by atoms with E-state index >= 15 is 0 Å². The number of sulfonamides is 1. The molecule has 0 spiro atoms. The van der Waals surface area contributed by atoms with Crippen LogP contribution in [0.5, 0.6) is 11.5 Å². The summed E-state index contributed by atoms with van der Waals surface area (Å²) in [5.74, 6) is -0.0343. The van der Waals surface area contributed by atoms with Crippen molar-refractivity contribution < 1.29 is 27.5 Å². The van der Waals surface area contributed by atoms with E-state index in [4.69, 9.17) is 9.47 Å². The number of aryl methyl sites for hydroxylation is 2. The zero-order valence-corrected chi connectivity index (χ0v) is 29.3. The predicted octanol–water partition coefficient (Wildman–Crippen LogP) is 5.93. The first kappa shape index (κ1) is 36.0. The quantitative estimate of drug-likeness (QED) is 0.168. The lowest BCUT2D eigenvalue weighted by atomic mass is 10.0. The normalized spacial score (nSPS) is 11.9. The van der Waals surface area contributed by atoms with E-state index in [1.807, 2.05) is 94.4 Å². The second kappa shape index (κ2) is 16.3. The molecule has 0 aliphatic rings. The summed E-state index contributed by atoms with van der Waals surface area (Å²) < 4.78 is 40.8. The van der Waals surface area contributed by atoms with Crippen molar-refractivity contribution >= 4 is 27.5 Å². The molecular formula is C38H45N3O6S. The number of hydrogen-bond donors (Lipinski definition) is 1. The molecule has 4 aromatic rings. The van der Waals surface area contributed by atoms with Crippen molar-refractivity contribution in [2.45, 2.75) is 51.6 Å². The maximum absolute atomic E-state index is 14.7. The van der Waals surface area contributed by atoms with Gasteiger partial charge < -0.3 is 19.7 Å². The third kappa shape index (κ3) is 9.16. The first-order valence-electron chi connectivity index (χ1n) is 15.9. The monoisotopic (exact) mass is 671 g/mol. The highest BCUT2D eigenvalue weighted by molar-refractivity contribution is 7.92. The van der Waals surface area contributed by atoms with Gasteiger partial charge in [0.25, 0.3) is 10.0 Å². The van der Waals surface area contributed by atoms with Gasteiger partial charge in [0.1, 0.15) is 12.6 Å². The van der Waals surface area contributed by atoms with Crippen LogP contribution in [0.2, 0.25) is 0 Å². The van der Waals surface area contributed by atoms with Crippen LogP contribution in [0.3, 0.4) is 0 Å². The van der Waals surface area contributed by atoms with E-state index < -0.39 is 28.5 Å². The average Bonchev–Trinajstić information content (AvgIpc) is 3.07. The van der Waals surface area contributed by atoms with Crippen LogP contribution in [0, 0.1) is 19.8 Å². The molecule has 1 atom stereocenters. The largest absolute Gasteiger partial charge is 0.493 e. The third-order valence-electron chi connectivity index (χ3n) is 7.87. The van der Waals surface area contributed by atoms with Gasteiger partial charge in [-0.05, 0) is 66.3 Å². The topological polar surface area (TPSA) is 105 Å². The summed E-state index contributed by atoms with van der Waals surface area (Å²) in [4.78, 5) is 30.0. The van der Waals surface area contributed by atoms with Crippen LogP contribution >= 0.6 is 0 Å². The second-order valence-corrected chi connectivity index (χ2v) is 14.1. The molecule has 0 heterocycles. The van der Waals surface area contributed by atoms with Crippen molar-refractivity contribution in [3.8, 4) is 11.5 Å². The van der Waals surface area contributed by atoms with E-state index in [1.165, 1.54) is 37.3 Å². The van der Waals surface area contributed by atoms with Gasteiger partial charge in [-0.1, -0.05) is 80.6 Å². The molecule has 0 aliphatic heterocycles. The van der Waals surface area contributed by atoms with Gasteiger partial charge in [-0.3, -0.25) is 13.9 Å². The molecule has 0 bridgehead atoms. The summed E-state index contributed by atoms with van der Waals surface area (Å²) in [6.45, 7) is 7.73. The predicted molar refractivity (Wildman–Crippen MR) is 189 cm³/mol. The Morgan fingerprint density at radius 2 is 1.35 bits per heavy atom. The Morgan fingerprint density at radius 1 is 0.771 bits per heavy atom. The molecule has 0 aromatic heterocycles. The lowest BCUT2D eigenvalue weighted by molar-refractivity contribution is -0.140. The van der Waals surface area contributed by atoms with Gasteiger partial charge in [0, 0.05) is 25.6 Å². The molecular weight excluding hydrogens is 627 g/mol. The van der Waals surface area contributed by atoms with Crippen LogP contribution in [-0.2, 0) is 32.6 Å². The number of ether oxygens (including phenoxy) is 2. The van der Waals surface area contributed by atoms with Crippen molar-refractivity contribution in [3.63, 3.8) is 0 Å². The molecule has 1 N–H and O–H groups in total. The van der Waals surface area contributed by atoms with Gasteiger partial charge in [-0.25, -0.2) is 8.42 Å². The maximum Gasteiger partial charge on any atom is 0.264 e. The Morgan fingerprint density at radius 3 is 1.92 bits per heavy atom. The molecule has 9 nitrogen and oxygen atoms in total. The summed E-state index contributed by atoms with van der Waals surface area (Å²) in [5, 5.41) is 3.01. The van der Waals surface area contributed by atoms with E-state index in [2.05, 4.69) is 5.32 Å². The number of carbonyl (C=O) groups excluding carboxylic acids is 2.